The zero-order chi connectivity index (χ0) is 18.2. The van der Waals surface area contributed by atoms with E-state index in [0.29, 0.717) is 11.1 Å². The van der Waals surface area contributed by atoms with Crippen molar-refractivity contribution in [3.05, 3.63) is 39.8 Å². The number of hydrogen-bond acceptors (Lipinski definition) is 5. The lowest BCUT2D eigenvalue weighted by atomic mass is 10.1. The predicted molar refractivity (Wildman–Crippen MR) is 97.3 cm³/mol. The van der Waals surface area contributed by atoms with E-state index >= 15 is 0 Å². The van der Waals surface area contributed by atoms with Crippen molar-refractivity contribution in [3.63, 3.8) is 0 Å². The summed E-state index contributed by atoms with van der Waals surface area (Å²) in [6.07, 6.45) is 1.79. The number of aromatic nitrogens is 1. The van der Waals surface area contributed by atoms with Gasteiger partial charge in [0.2, 0.25) is 0 Å². The SMILES string of the molecule is CC1(C)CN(c2ccc(SC(F)(F)F)cc2)CN1Cc1cnc(Cl)s1. The van der Waals surface area contributed by atoms with E-state index in [2.05, 4.69) is 28.6 Å². The van der Waals surface area contributed by atoms with Crippen LogP contribution in [0.1, 0.15) is 18.7 Å². The van der Waals surface area contributed by atoms with Crippen LogP contribution in [0.3, 0.4) is 0 Å². The predicted octanol–water partition coefficient (Wildman–Crippen LogP) is 5.47. The first kappa shape index (κ1) is 18.8. The van der Waals surface area contributed by atoms with Gasteiger partial charge in [0.25, 0.3) is 0 Å². The van der Waals surface area contributed by atoms with Gasteiger partial charge in [0, 0.05) is 40.3 Å². The summed E-state index contributed by atoms with van der Waals surface area (Å²) in [4.78, 5) is 9.85. The van der Waals surface area contributed by atoms with Crippen LogP contribution in [0.15, 0.2) is 35.4 Å². The van der Waals surface area contributed by atoms with E-state index < -0.39 is 5.51 Å². The number of anilines is 1. The fourth-order valence-electron chi connectivity index (χ4n) is 2.85. The average Bonchev–Trinajstić information content (AvgIpc) is 3.02. The van der Waals surface area contributed by atoms with Crippen LogP contribution in [0.4, 0.5) is 18.9 Å². The summed E-state index contributed by atoms with van der Waals surface area (Å²) in [6.45, 7) is 6.56. The second-order valence-corrected chi connectivity index (χ2v) is 9.31. The molecule has 2 heterocycles. The van der Waals surface area contributed by atoms with Gasteiger partial charge in [-0.25, -0.2) is 4.98 Å². The Morgan fingerprint density at radius 3 is 2.52 bits per heavy atom. The van der Waals surface area contributed by atoms with E-state index in [1.54, 1.807) is 18.3 Å². The number of benzene rings is 1. The van der Waals surface area contributed by atoms with Gasteiger partial charge in [0.1, 0.15) is 0 Å². The van der Waals surface area contributed by atoms with E-state index in [0.717, 1.165) is 23.7 Å². The lowest BCUT2D eigenvalue weighted by Crippen LogP contribution is -2.39. The molecule has 2 aromatic rings. The second-order valence-electron chi connectivity index (χ2n) is 6.47. The second kappa shape index (κ2) is 6.98. The number of thiazole rings is 1. The van der Waals surface area contributed by atoms with Gasteiger partial charge >= 0.3 is 5.51 Å². The molecule has 3 rings (SSSR count). The minimum atomic E-state index is -4.26. The molecule has 1 saturated heterocycles. The van der Waals surface area contributed by atoms with E-state index in [4.69, 9.17) is 11.6 Å². The zero-order valence-electron chi connectivity index (χ0n) is 13.7. The minimum absolute atomic E-state index is 0.0597. The summed E-state index contributed by atoms with van der Waals surface area (Å²) in [6, 6.07) is 6.53. The van der Waals surface area contributed by atoms with Crippen molar-refractivity contribution in [2.45, 2.75) is 36.3 Å². The number of halogens is 4. The van der Waals surface area contributed by atoms with Crippen molar-refractivity contribution >= 4 is 40.4 Å². The van der Waals surface area contributed by atoms with Crippen LogP contribution in [-0.2, 0) is 6.54 Å². The molecule has 1 aromatic heterocycles. The molecule has 0 aliphatic carbocycles. The Balaban J connectivity index is 1.69. The highest BCUT2D eigenvalue weighted by Gasteiger charge is 2.37. The third-order valence-electron chi connectivity index (χ3n) is 4.08. The molecule has 0 unspecified atom stereocenters. The third kappa shape index (κ3) is 4.81. The Kier molecular flexibility index (Phi) is 5.26. The molecule has 136 valence electrons. The molecule has 1 fully saturated rings. The maximum absolute atomic E-state index is 12.4. The largest absolute Gasteiger partial charge is 0.446 e. The van der Waals surface area contributed by atoms with Crippen molar-refractivity contribution in [2.75, 3.05) is 18.1 Å². The fraction of sp³-hybridized carbons (Fsp3) is 0.438. The minimum Gasteiger partial charge on any atom is -0.357 e. The summed E-state index contributed by atoms with van der Waals surface area (Å²) in [5.41, 5.74) is -3.40. The number of nitrogens with zero attached hydrogens (tertiary/aromatic N) is 3. The Labute approximate surface area is 157 Å². The van der Waals surface area contributed by atoms with Crippen LogP contribution >= 0.6 is 34.7 Å². The van der Waals surface area contributed by atoms with Crippen LogP contribution in [-0.4, -0.2) is 34.1 Å². The van der Waals surface area contributed by atoms with E-state index in [9.17, 15) is 13.2 Å². The highest BCUT2D eigenvalue weighted by molar-refractivity contribution is 8.00. The van der Waals surface area contributed by atoms with Crippen LogP contribution in [0, 0.1) is 0 Å². The maximum Gasteiger partial charge on any atom is 0.446 e. The average molecular weight is 408 g/mol. The smallest absolute Gasteiger partial charge is 0.357 e. The normalized spacial score (nSPS) is 18.1. The summed E-state index contributed by atoms with van der Waals surface area (Å²) in [7, 11) is 0. The Morgan fingerprint density at radius 2 is 1.96 bits per heavy atom. The molecule has 25 heavy (non-hydrogen) atoms. The van der Waals surface area contributed by atoms with Crippen LogP contribution in [0.2, 0.25) is 4.47 Å². The molecule has 0 N–H and O–H groups in total. The topological polar surface area (TPSA) is 19.4 Å². The van der Waals surface area contributed by atoms with Gasteiger partial charge in [0.15, 0.2) is 4.47 Å². The van der Waals surface area contributed by atoms with Crippen LogP contribution in [0.25, 0.3) is 0 Å². The Morgan fingerprint density at radius 1 is 1.28 bits per heavy atom. The molecule has 0 amide bonds. The van der Waals surface area contributed by atoms with E-state index in [-0.39, 0.29) is 22.2 Å². The maximum atomic E-state index is 12.4. The number of hydrogen-bond donors (Lipinski definition) is 0. The lowest BCUT2D eigenvalue weighted by molar-refractivity contribution is -0.0328. The molecule has 0 bridgehead atoms. The monoisotopic (exact) mass is 407 g/mol. The molecular formula is C16H17ClF3N3S2. The molecule has 1 aliphatic rings. The van der Waals surface area contributed by atoms with Crippen molar-refractivity contribution in [2.24, 2.45) is 0 Å². The van der Waals surface area contributed by atoms with Gasteiger partial charge in [-0.15, -0.1) is 11.3 Å². The first-order valence-electron chi connectivity index (χ1n) is 7.58. The summed E-state index contributed by atoms with van der Waals surface area (Å²) in [5, 5.41) is 0. The Hall–Kier alpha value is -0.960. The number of alkyl halides is 3. The highest BCUT2D eigenvalue weighted by atomic mass is 35.5. The molecule has 0 saturated carbocycles. The van der Waals surface area contributed by atoms with Crippen molar-refractivity contribution < 1.29 is 13.2 Å². The van der Waals surface area contributed by atoms with Crippen LogP contribution in [0.5, 0.6) is 0 Å². The molecule has 9 heteroatoms. The Bertz CT molecular complexity index is 731. The molecule has 0 radical (unpaired) electrons. The first-order chi connectivity index (χ1) is 11.6. The molecular weight excluding hydrogens is 391 g/mol. The van der Waals surface area contributed by atoms with Gasteiger partial charge in [0.05, 0.1) is 6.67 Å². The fourth-order valence-corrected chi connectivity index (χ4v) is 4.39. The van der Waals surface area contributed by atoms with Crippen molar-refractivity contribution in [3.8, 4) is 0 Å². The number of thioether (sulfide) groups is 1. The molecule has 1 aromatic carbocycles. The molecule has 0 atom stereocenters. The van der Waals surface area contributed by atoms with Crippen molar-refractivity contribution in [1.82, 2.24) is 9.88 Å². The molecule has 3 nitrogen and oxygen atoms in total. The highest BCUT2D eigenvalue weighted by Crippen LogP contribution is 2.38. The van der Waals surface area contributed by atoms with Gasteiger partial charge in [-0.2, -0.15) is 13.2 Å². The van der Waals surface area contributed by atoms with Crippen molar-refractivity contribution in [1.29, 1.82) is 0 Å². The lowest BCUT2D eigenvalue weighted by Gasteiger charge is -2.28. The van der Waals surface area contributed by atoms with E-state index in [1.165, 1.54) is 23.5 Å². The van der Waals surface area contributed by atoms with Gasteiger partial charge < -0.3 is 4.90 Å². The van der Waals surface area contributed by atoms with E-state index in [1.807, 2.05) is 0 Å². The zero-order valence-corrected chi connectivity index (χ0v) is 16.1. The summed E-state index contributed by atoms with van der Waals surface area (Å²) < 4.78 is 37.8. The quantitative estimate of drug-likeness (QED) is 0.626. The van der Waals surface area contributed by atoms with Crippen LogP contribution < -0.4 is 4.90 Å². The first-order valence-corrected chi connectivity index (χ1v) is 9.59. The van der Waals surface area contributed by atoms with Gasteiger partial charge in [-0.3, -0.25) is 4.90 Å². The van der Waals surface area contributed by atoms with Gasteiger partial charge in [-0.1, -0.05) is 11.6 Å². The molecule has 1 aliphatic heterocycles. The van der Waals surface area contributed by atoms with Gasteiger partial charge in [-0.05, 0) is 49.9 Å². The standard InChI is InChI=1S/C16H17ClF3N3S2/c1-15(2)9-22(10-23(15)8-13-7-21-14(17)24-13)11-3-5-12(6-4-11)25-16(18,19)20/h3-7H,8-10H2,1-2H3. The third-order valence-corrected chi connectivity index (χ3v) is 5.92. The number of rotatable bonds is 4. The molecule has 0 spiro atoms. The summed E-state index contributed by atoms with van der Waals surface area (Å²) >= 11 is 7.27. The summed E-state index contributed by atoms with van der Waals surface area (Å²) in [5.74, 6) is 0.